The molecule has 0 amide bonds. The molecule has 116 valence electrons. The van der Waals surface area contributed by atoms with Crippen molar-refractivity contribution in [1.29, 1.82) is 0 Å². The van der Waals surface area contributed by atoms with E-state index in [2.05, 4.69) is 16.8 Å². The van der Waals surface area contributed by atoms with Gasteiger partial charge in [-0.2, -0.15) is 0 Å². The topological polar surface area (TPSA) is 23.6 Å². The van der Waals surface area contributed by atoms with Gasteiger partial charge >= 0.3 is 0 Å². The van der Waals surface area contributed by atoms with Gasteiger partial charge in [-0.1, -0.05) is 18.2 Å². The molecule has 4 heteroatoms. The Balaban J connectivity index is 1.76. The Labute approximate surface area is 126 Å². The van der Waals surface area contributed by atoms with Crippen LogP contribution in [0.4, 0.5) is 4.39 Å². The lowest BCUT2D eigenvalue weighted by molar-refractivity contribution is -0.119. The van der Waals surface area contributed by atoms with E-state index in [1.165, 1.54) is 18.9 Å². The summed E-state index contributed by atoms with van der Waals surface area (Å²) < 4.78 is 13.5. The molecule has 0 aromatic heterocycles. The lowest BCUT2D eigenvalue weighted by Crippen LogP contribution is -2.37. The molecule has 0 N–H and O–H groups in total. The van der Waals surface area contributed by atoms with Gasteiger partial charge in [-0.25, -0.2) is 4.39 Å². The van der Waals surface area contributed by atoms with E-state index in [1.807, 2.05) is 7.05 Å². The minimum atomic E-state index is -0.288. The lowest BCUT2D eigenvalue weighted by atomic mass is 9.96. The maximum Gasteiger partial charge on any atom is 0.151 e. The number of hydrogen-bond acceptors (Lipinski definition) is 3. The van der Waals surface area contributed by atoms with Gasteiger partial charge in [0.15, 0.2) is 5.78 Å². The highest BCUT2D eigenvalue weighted by Crippen LogP contribution is 2.16. The average Bonchev–Trinajstić information content (AvgIpc) is 2.44. The van der Waals surface area contributed by atoms with Crippen LogP contribution in [0.3, 0.4) is 0 Å². The highest BCUT2D eigenvalue weighted by molar-refractivity contribution is 5.82. The second-order valence-corrected chi connectivity index (χ2v) is 6.25. The summed E-state index contributed by atoms with van der Waals surface area (Å²) in [5.41, 5.74) is 0.496. The quantitative estimate of drug-likeness (QED) is 0.803. The summed E-state index contributed by atoms with van der Waals surface area (Å²) in [5, 5.41) is 0. The zero-order valence-electron chi connectivity index (χ0n) is 13.0. The summed E-state index contributed by atoms with van der Waals surface area (Å²) >= 11 is 0. The van der Waals surface area contributed by atoms with Gasteiger partial charge in [0.05, 0.1) is 6.54 Å². The Bertz CT molecular complexity index is 470. The van der Waals surface area contributed by atoms with Gasteiger partial charge in [0, 0.05) is 13.0 Å². The molecule has 1 aromatic carbocycles. The molecule has 1 aromatic rings. The first-order chi connectivity index (χ1) is 10.0. The number of nitrogens with zero attached hydrogens (tertiary/aromatic N) is 2. The fourth-order valence-electron chi connectivity index (χ4n) is 2.96. The van der Waals surface area contributed by atoms with Gasteiger partial charge in [-0.3, -0.25) is 9.69 Å². The zero-order chi connectivity index (χ0) is 15.2. The Kier molecular flexibility index (Phi) is 5.88. The van der Waals surface area contributed by atoms with E-state index in [9.17, 15) is 9.18 Å². The largest absolute Gasteiger partial charge is 0.306 e. The van der Waals surface area contributed by atoms with Gasteiger partial charge in [-0.15, -0.1) is 0 Å². The monoisotopic (exact) mass is 292 g/mol. The van der Waals surface area contributed by atoms with Crippen molar-refractivity contribution < 1.29 is 9.18 Å². The molecule has 0 bridgehead atoms. The molecular weight excluding hydrogens is 267 g/mol. The maximum atomic E-state index is 13.5. The standard InChI is InChI=1S/C17H25FN2O/c1-19-9-7-14(8-10-19)12-20(2)13-16(21)11-15-5-3-4-6-17(15)18/h3-6,14H,7-13H2,1-2H3. The van der Waals surface area contributed by atoms with Crippen LogP contribution in [-0.4, -0.2) is 55.9 Å². The van der Waals surface area contributed by atoms with Crippen molar-refractivity contribution in [2.75, 3.05) is 40.3 Å². The molecule has 21 heavy (non-hydrogen) atoms. The third kappa shape index (κ3) is 5.21. The number of carbonyl (C=O) groups excluding carboxylic acids is 1. The fourth-order valence-corrected chi connectivity index (χ4v) is 2.96. The van der Waals surface area contributed by atoms with Gasteiger partial charge in [0.1, 0.15) is 5.82 Å². The lowest BCUT2D eigenvalue weighted by Gasteiger charge is -2.31. The Morgan fingerprint density at radius 1 is 1.33 bits per heavy atom. The normalized spacial score (nSPS) is 17.3. The van der Waals surface area contributed by atoms with E-state index >= 15 is 0 Å². The van der Waals surface area contributed by atoms with Crippen LogP contribution in [0.25, 0.3) is 0 Å². The summed E-state index contributed by atoms with van der Waals surface area (Å²) in [6.07, 6.45) is 2.58. The van der Waals surface area contributed by atoms with Crippen molar-refractivity contribution >= 4 is 5.78 Å². The molecular formula is C17H25FN2O. The molecule has 0 aliphatic carbocycles. The van der Waals surface area contributed by atoms with Gasteiger partial charge in [-0.05, 0) is 57.6 Å². The number of benzene rings is 1. The molecule has 0 spiro atoms. The highest BCUT2D eigenvalue weighted by atomic mass is 19.1. The SMILES string of the molecule is CN1CCC(CN(C)CC(=O)Cc2ccccc2F)CC1. The van der Waals surface area contributed by atoms with Crippen molar-refractivity contribution in [1.82, 2.24) is 9.80 Å². The highest BCUT2D eigenvalue weighted by Gasteiger charge is 2.19. The molecule has 1 saturated heterocycles. The van der Waals surface area contributed by atoms with E-state index in [4.69, 9.17) is 0 Å². The molecule has 1 fully saturated rings. The van der Waals surface area contributed by atoms with E-state index in [0.717, 1.165) is 19.6 Å². The van der Waals surface area contributed by atoms with Crippen LogP contribution >= 0.6 is 0 Å². The molecule has 2 rings (SSSR count). The third-order valence-electron chi connectivity index (χ3n) is 4.20. The molecule has 1 aliphatic heterocycles. The summed E-state index contributed by atoms with van der Waals surface area (Å²) in [4.78, 5) is 16.5. The van der Waals surface area contributed by atoms with Crippen LogP contribution in [0.5, 0.6) is 0 Å². The maximum absolute atomic E-state index is 13.5. The summed E-state index contributed by atoms with van der Waals surface area (Å²) in [6, 6.07) is 6.51. The number of carbonyl (C=O) groups is 1. The number of Topliss-reactive ketones (excluding diaryl/α,β-unsaturated/α-hetero) is 1. The Morgan fingerprint density at radius 2 is 2.00 bits per heavy atom. The van der Waals surface area contributed by atoms with E-state index in [0.29, 0.717) is 18.0 Å². The van der Waals surface area contributed by atoms with Crippen LogP contribution in [0.2, 0.25) is 0 Å². The molecule has 3 nitrogen and oxygen atoms in total. The number of ketones is 1. The van der Waals surface area contributed by atoms with Crippen molar-refractivity contribution in [2.24, 2.45) is 5.92 Å². The number of rotatable bonds is 6. The molecule has 0 unspecified atom stereocenters. The van der Waals surface area contributed by atoms with Crippen molar-refractivity contribution in [3.63, 3.8) is 0 Å². The summed E-state index contributed by atoms with van der Waals surface area (Å²) in [6.45, 7) is 3.64. The second-order valence-electron chi connectivity index (χ2n) is 6.25. The molecule has 0 radical (unpaired) electrons. The summed E-state index contributed by atoms with van der Waals surface area (Å²) in [5.74, 6) is 0.465. The van der Waals surface area contributed by atoms with Crippen LogP contribution in [0.15, 0.2) is 24.3 Å². The van der Waals surface area contributed by atoms with E-state index < -0.39 is 0 Å². The van der Waals surface area contributed by atoms with Gasteiger partial charge < -0.3 is 4.90 Å². The Hall–Kier alpha value is -1.26. The first-order valence-corrected chi connectivity index (χ1v) is 7.67. The van der Waals surface area contributed by atoms with E-state index in [1.54, 1.807) is 18.2 Å². The predicted molar refractivity (Wildman–Crippen MR) is 82.8 cm³/mol. The van der Waals surface area contributed by atoms with Crippen molar-refractivity contribution in [3.8, 4) is 0 Å². The molecule has 1 aliphatic rings. The average molecular weight is 292 g/mol. The first kappa shape index (κ1) is 16.1. The summed E-state index contributed by atoms with van der Waals surface area (Å²) in [7, 11) is 4.13. The number of halogens is 1. The molecule has 0 atom stereocenters. The third-order valence-corrected chi connectivity index (χ3v) is 4.20. The van der Waals surface area contributed by atoms with Crippen LogP contribution in [0.1, 0.15) is 18.4 Å². The van der Waals surface area contributed by atoms with Gasteiger partial charge in [0.25, 0.3) is 0 Å². The van der Waals surface area contributed by atoms with Crippen LogP contribution in [-0.2, 0) is 11.2 Å². The Morgan fingerprint density at radius 3 is 2.67 bits per heavy atom. The smallest absolute Gasteiger partial charge is 0.151 e. The minimum Gasteiger partial charge on any atom is -0.306 e. The first-order valence-electron chi connectivity index (χ1n) is 7.67. The van der Waals surface area contributed by atoms with Crippen LogP contribution < -0.4 is 0 Å². The van der Waals surface area contributed by atoms with E-state index in [-0.39, 0.29) is 18.0 Å². The van der Waals surface area contributed by atoms with Crippen molar-refractivity contribution in [2.45, 2.75) is 19.3 Å². The predicted octanol–water partition coefficient (Wildman–Crippen LogP) is 2.21. The minimum absolute atomic E-state index is 0.0792. The van der Waals surface area contributed by atoms with Crippen molar-refractivity contribution in [3.05, 3.63) is 35.6 Å². The number of piperidine rings is 1. The molecule has 0 saturated carbocycles. The number of hydrogen-bond donors (Lipinski definition) is 0. The zero-order valence-corrected chi connectivity index (χ0v) is 13.0. The van der Waals surface area contributed by atoms with Gasteiger partial charge in [0.2, 0.25) is 0 Å². The van der Waals surface area contributed by atoms with Crippen LogP contribution in [0, 0.1) is 11.7 Å². The second kappa shape index (κ2) is 7.66. The molecule has 1 heterocycles. The fraction of sp³-hybridized carbons (Fsp3) is 0.588. The number of likely N-dealkylation sites (N-methyl/N-ethyl adjacent to an activating group) is 1. The number of likely N-dealkylation sites (tertiary alicyclic amines) is 1.